The maximum atomic E-state index is 5.73. The fourth-order valence-electron chi connectivity index (χ4n) is 1.29. The molecule has 0 aromatic carbocycles. The zero-order valence-electron chi connectivity index (χ0n) is 7.83. The van der Waals surface area contributed by atoms with Gasteiger partial charge in [0, 0.05) is 23.5 Å². The van der Waals surface area contributed by atoms with Crippen LogP contribution >= 0.6 is 0 Å². The minimum atomic E-state index is 0. The van der Waals surface area contributed by atoms with E-state index < -0.39 is 0 Å². The topological polar surface area (TPSA) is 77.8 Å². The van der Waals surface area contributed by atoms with Crippen molar-refractivity contribution in [3.8, 4) is 11.1 Å². The summed E-state index contributed by atoms with van der Waals surface area (Å²) in [6.07, 6.45) is 3.29. The average Bonchev–Trinajstić information content (AvgIpc) is 2.20. The van der Waals surface area contributed by atoms with Crippen LogP contribution in [-0.4, -0.2) is 9.97 Å². The third kappa shape index (κ3) is 2.25. The van der Waals surface area contributed by atoms with Gasteiger partial charge in [0.1, 0.15) is 11.6 Å². The summed E-state index contributed by atoms with van der Waals surface area (Å²) in [6, 6.07) is 7.38. The summed E-state index contributed by atoms with van der Waals surface area (Å²) in [5.74, 6) is 0.930. The van der Waals surface area contributed by atoms with Crippen molar-refractivity contribution in [3.05, 3.63) is 36.7 Å². The molecule has 0 aliphatic carbocycles. The van der Waals surface area contributed by atoms with Crippen LogP contribution in [0.3, 0.4) is 0 Å². The van der Waals surface area contributed by atoms with E-state index in [9.17, 15) is 0 Å². The van der Waals surface area contributed by atoms with Gasteiger partial charge in [0.25, 0.3) is 0 Å². The number of anilines is 2. The summed E-state index contributed by atoms with van der Waals surface area (Å²) in [5.41, 5.74) is 13.1. The molecule has 0 fully saturated rings. The van der Waals surface area contributed by atoms with Crippen LogP contribution < -0.4 is 11.5 Å². The molecule has 0 radical (unpaired) electrons. The molecule has 0 saturated heterocycles. The fraction of sp³-hybridized carbons (Fsp3) is 0. The molecular formula is C10H10N4Ni+2. The van der Waals surface area contributed by atoms with Gasteiger partial charge in [-0.25, -0.2) is 9.97 Å². The molecule has 5 heteroatoms. The first-order chi connectivity index (χ1) is 6.79. The van der Waals surface area contributed by atoms with Crippen molar-refractivity contribution < 1.29 is 16.5 Å². The van der Waals surface area contributed by atoms with Crippen molar-refractivity contribution in [1.29, 1.82) is 0 Å². The summed E-state index contributed by atoms with van der Waals surface area (Å²) in [6.45, 7) is 0. The molecule has 4 nitrogen and oxygen atoms in total. The Kier molecular flexibility index (Phi) is 3.64. The second-order valence-corrected chi connectivity index (χ2v) is 2.87. The van der Waals surface area contributed by atoms with E-state index in [-0.39, 0.29) is 16.5 Å². The van der Waals surface area contributed by atoms with E-state index in [1.54, 1.807) is 12.4 Å². The Balaban J connectivity index is 0.00000112. The van der Waals surface area contributed by atoms with E-state index in [2.05, 4.69) is 9.97 Å². The molecule has 15 heavy (non-hydrogen) atoms. The van der Waals surface area contributed by atoms with Crippen LogP contribution in [-0.2, 0) is 16.5 Å². The van der Waals surface area contributed by atoms with Crippen LogP contribution in [0.25, 0.3) is 11.1 Å². The maximum absolute atomic E-state index is 5.73. The Morgan fingerprint density at radius 2 is 1.20 bits per heavy atom. The van der Waals surface area contributed by atoms with Gasteiger partial charge in [-0.15, -0.1) is 0 Å². The van der Waals surface area contributed by atoms with Crippen molar-refractivity contribution in [2.75, 3.05) is 11.5 Å². The average molecular weight is 245 g/mol. The second kappa shape index (κ2) is 4.76. The van der Waals surface area contributed by atoms with Crippen LogP contribution in [0, 0.1) is 0 Å². The molecule has 4 N–H and O–H groups in total. The number of nitrogens with two attached hydrogens (primary N) is 2. The number of nitrogen functional groups attached to an aromatic ring is 2. The summed E-state index contributed by atoms with van der Waals surface area (Å²) < 4.78 is 0. The second-order valence-electron chi connectivity index (χ2n) is 2.87. The molecule has 0 saturated carbocycles. The molecule has 2 rings (SSSR count). The van der Waals surface area contributed by atoms with Gasteiger partial charge < -0.3 is 11.5 Å². The summed E-state index contributed by atoms with van der Waals surface area (Å²) in [5, 5.41) is 0. The smallest absolute Gasteiger partial charge is 0.383 e. The first-order valence-electron chi connectivity index (χ1n) is 4.20. The largest absolute Gasteiger partial charge is 2.00 e. The normalized spacial score (nSPS) is 9.33. The molecule has 0 unspecified atom stereocenters. The van der Waals surface area contributed by atoms with Gasteiger partial charge in [-0.3, -0.25) is 0 Å². The third-order valence-electron chi connectivity index (χ3n) is 1.97. The van der Waals surface area contributed by atoms with E-state index in [4.69, 9.17) is 11.5 Å². The molecule has 0 amide bonds. The monoisotopic (exact) mass is 244 g/mol. The Labute approximate surface area is 97.7 Å². The molecule has 0 bridgehead atoms. The summed E-state index contributed by atoms with van der Waals surface area (Å²) in [4.78, 5) is 7.98. The quantitative estimate of drug-likeness (QED) is 0.742. The maximum Gasteiger partial charge on any atom is 2.00 e. The predicted molar refractivity (Wildman–Crippen MR) is 56.3 cm³/mol. The zero-order chi connectivity index (χ0) is 9.97. The van der Waals surface area contributed by atoms with Crippen molar-refractivity contribution in [3.63, 3.8) is 0 Å². The fourth-order valence-corrected chi connectivity index (χ4v) is 1.29. The minimum Gasteiger partial charge on any atom is -0.383 e. The minimum absolute atomic E-state index is 0. The molecule has 78 valence electrons. The molecular weight excluding hydrogens is 235 g/mol. The molecule has 0 aliphatic rings. The van der Waals surface area contributed by atoms with Crippen molar-refractivity contribution >= 4 is 11.6 Å². The molecule has 2 aromatic rings. The Hall–Kier alpha value is -1.61. The zero-order valence-corrected chi connectivity index (χ0v) is 8.82. The molecule has 2 aromatic heterocycles. The van der Waals surface area contributed by atoms with E-state index >= 15 is 0 Å². The Bertz CT molecular complexity index is 415. The van der Waals surface area contributed by atoms with Crippen LogP contribution in [0.15, 0.2) is 36.7 Å². The number of rotatable bonds is 1. The predicted octanol–water partition coefficient (Wildman–Crippen LogP) is 1.31. The van der Waals surface area contributed by atoms with Gasteiger partial charge in [0.2, 0.25) is 0 Å². The summed E-state index contributed by atoms with van der Waals surface area (Å²) in [7, 11) is 0. The van der Waals surface area contributed by atoms with E-state index in [0.717, 1.165) is 11.1 Å². The molecule has 0 atom stereocenters. The third-order valence-corrected chi connectivity index (χ3v) is 1.97. The number of hydrogen-bond acceptors (Lipinski definition) is 4. The number of aromatic nitrogens is 2. The first kappa shape index (κ1) is 11.5. The molecule has 0 aliphatic heterocycles. The van der Waals surface area contributed by atoms with Crippen molar-refractivity contribution in [1.82, 2.24) is 9.97 Å². The Morgan fingerprint density at radius 1 is 0.800 bits per heavy atom. The van der Waals surface area contributed by atoms with Gasteiger partial charge in [-0.1, -0.05) is 0 Å². The van der Waals surface area contributed by atoms with Gasteiger partial charge in [-0.05, 0) is 24.3 Å². The van der Waals surface area contributed by atoms with Gasteiger partial charge in [-0.2, -0.15) is 0 Å². The van der Waals surface area contributed by atoms with Crippen LogP contribution in [0.5, 0.6) is 0 Å². The van der Waals surface area contributed by atoms with E-state index in [1.165, 1.54) is 0 Å². The number of pyridine rings is 2. The van der Waals surface area contributed by atoms with E-state index in [1.807, 2.05) is 24.3 Å². The van der Waals surface area contributed by atoms with Crippen LogP contribution in [0.1, 0.15) is 0 Å². The van der Waals surface area contributed by atoms with Crippen molar-refractivity contribution in [2.24, 2.45) is 0 Å². The molecule has 2 heterocycles. The molecule has 0 spiro atoms. The standard InChI is InChI=1S/C10H10N4.Ni/c11-9-7(3-1-5-13-9)8-4-2-6-14-10(8)12;/h1-6H,(H2,11,13)(H2,12,14);/q;+2. The van der Waals surface area contributed by atoms with E-state index in [0.29, 0.717) is 11.6 Å². The number of hydrogen-bond donors (Lipinski definition) is 2. The SMILES string of the molecule is Nc1ncccc1-c1cccnc1N.[Ni+2]. The first-order valence-corrected chi connectivity index (χ1v) is 4.20. The van der Waals surface area contributed by atoms with Gasteiger partial charge in [0.15, 0.2) is 0 Å². The Morgan fingerprint density at radius 3 is 1.53 bits per heavy atom. The van der Waals surface area contributed by atoms with Gasteiger partial charge >= 0.3 is 16.5 Å². The van der Waals surface area contributed by atoms with Crippen LogP contribution in [0.2, 0.25) is 0 Å². The van der Waals surface area contributed by atoms with Crippen molar-refractivity contribution in [2.45, 2.75) is 0 Å². The van der Waals surface area contributed by atoms with Crippen LogP contribution in [0.4, 0.5) is 11.6 Å². The number of nitrogens with zero attached hydrogens (tertiary/aromatic N) is 2. The van der Waals surface area contributed by atoms with Gasteiger partial charge in [0.05, 0.1) is 0 Å². The summed E-state index contributed by atoms with van der Waals surface area (Å²) >= 11 is 0.